The fraction of sp³-hybridized carbons (Fsp3) is 0.214. The van der Waals surface area contributed by atoms with Crippen LogP contribution in [0.3, 0.4) is 0 Å². The van der Waals surface area contributed by atoms with Crippen molar-refractivity contribution in [1.82, 2.24) is 4.31 Å². The highest BCUT2D eigenvalue weighted by Gasteiger charge is 2.29. The van der Waals surface area contributed by atoms with Crippen molar-refractivity contribution in [1.29, 1.82) is 0 Å². The van der Waals surface area contributed by atoms with Crippen LogP contribution in [-0.2, 0) is 14.8 Å². The van der Waals surface area contributed by atoms with Crippen molar-refractivity contribution in [3.8, 4) is 0 Å². The quantitative estimate of drug-likeness (QED) is 0.916. The molecule has 0 spiro atoms. The zero-order valence-electron chi connectivity index (χ0n) is 11.3. The van der Waals surface area contributed by atoms with E-state index in [1.807, 2.05) is 0 Å². The van der Waals surface area contributed by atoms with Gasteiger partial charge in [-0.3, -0.25) is 0 Å². The number of carboxylic acid groups (broad SMARTS) is 1. The number of halogens is 1. The third-order valence-electron chi connectivity index (χ3n) is 3.56. The molecule has 2 aromatic rings. The van der Waals surface area contributed by atoms with Gasteiger partial charge in [-0.25, -0.2) is 13.2 Å². The first-order valence-corrected chi connectivity index (χ1v) is 9.18. The van der Waals surface area contributed by atoms with E-state index in [-0.39, 0.29) is 30.0 Å². The maximum atomic E-state index is 12.8. The summed E-state index contributed by atoms with van der Waals surface area (Å²) in [4.78, 5) is 11.1. The Hall–Kier alpha value is -1.41. The van der Waals surface area contributed by atoms with Crippen LogP contribution in [0.1, 0.15) is 6.42 Å². The zero-order valence-corrected chi connectivity index (χ0v) is 13.7. The standard InChI is InChI=1S/C14H12ClNO4S2/c15-10-1-2-12-11(7-10)13(8-21-12)22(19,20)16-5-3-9(4-6-16)14(17)18/h1-3,7-8H,4-6H2,(H,17,18). The first-order chi connectivity index (χ1) is 10.4. The fourth-order valence-electron chi connectivity index (χ4n) is 2.38. The second-order valence-corrected chi connectivity index (χ2v) is 8.14. The SMILES string of the molecule is O=C(O)C1=CCN(S(=O)(=O)c2csc3ccc(Cl)cc23)CC1. The molecule has 0 unspecified atom stereocenters. The second kappa shape index (κ2) is 5.66. The maximum Gasteiger partial charge on any atom is 0.331 e. The molecule has 1 aliphatic rings. The van der Waals surface area contributed by atoms with Gasteiger partial charge in [0, 0.05) is 39.2 Å². The van der Waals surface area contributed by atoms with E-state index in [9.17, 15) is 13.2 Å². The van der Waals surface area contributed by atoms with Crippen LogP contribution in [0.5, 0.6) is 0 Å². The van der Waals surface area contributed by atoms with Gasteiger partial charge < -0.3 is 5.11 Å². The minimum atomic E-state index is -3.66. The number of carboxylic acids is 1. The highest BCUT2D eigenvalue weighted by Crippen LogP contribution is 2.33. The number of fused-ring (bicyclic) bond motifs is 1. The summed E-state index contributed by atoms with van der Waals surface area (Å²) in [6, 6.07) is 5.16. The summed E-state index contributed by atoms with van der Waals surface area (Å²) >= 11 is 7.30. The van der Waals surface area contributed by atoms with Crippen molar-refractivity contribution in [3.05, 3.63) is 40.3 Å². The molecular formula is C14H12ClNO4S2. The van der Waals surface area contributed by atoms with Gasteiger partial charge in [0.25, 0.3) is 0 Å². The van der Waals surface area contributed by atoms with Gasteiger partial charge in [-0.2, -0.15) is 4.31 Å². The van der Waals surface area contributed by atoms with Crippen LogP contribution in [-0.4, -0.2) is 36.9 Å². The summed E-state index contributed by atoms with van der Waals surface area (Å²) < 4.78 is 27.7. The molecule has 116 valence electrons. The lowest BCUT2D eigenvalue weighted by molar-refractivity contribution is -0.132. The lowest BCUT2D eigenvalue weighted by Crippen LogP contribution is -2.35. The Labute approximate surface area is 136 Å². The lowest BCUT2D eigenvalue weighted by Gasteiger charge is -2.24. The molecule has 1 N–H and O–H groups in total. The number of sulfonamides is 1. The van der Waals surface area contributed by atoms with Crippen molar-refractivity contribution in [2.45, 2.75) is 11.3 Å². The number of aliphatic carboxylic acids is 1. The predicted octanol–water partition coefficient (Wildman–Crippen LogP) is 2.96. The maximum absolute atomic E-state index is 12.8. The van der Waals surface area contributed by atoms with Crippen molar-refractivity contribution < 1.29 is 18.3 Å². The number of hydrogen-bond acceptors (Lipinski definition) is 4. The van der Waals surface area contributed by atoms with E-state index in [1.54, 1.807) is 23.6 Å². The number of hydrogen-bond donors (Lipinski definition) is 1. The third kappa shape index (κ3) is 2.65. The van der Waals surface area contributed by atoms with Gasteiger partial charge in [0.1, 0.15) is 4.90 Å². The molecule has 0 aliphatic carbocycles. The molecule has 0 atom stereocenters. The van der Waals surface area contributed by atoms with Crippen LogP contribution in [0.25, 0.3) is 10.1 Å². The van der Waals surface area contributed by atoms with E-state index in [0.29, 0.717) is 10.4 Å². The highest BCUT2D eigenvalue weighted by molar-refractivity contribution is 7.89. The number of nitrogens with zero attached hydrogens (tertiary/aromatic N) is 1. The molecule has 0 bridgehead atoms. The molecule has 0 saturated heterocycles. The molecule has 8 heteroatoms. The summed E-state index contributed by atoms with van der Waals surface area (Å²) in [6.07, 6.45) is 1.66. The van der Waals surface area contributed by atoms with E-state index >= 15 is 0 Å². The van der Waals surface area contributed by atoms with E-state index in [4.69, 9.17) is 16.7 Å². The Balaban J connectivity index is 1.99. The van der Waals surface area contributed by atoms with Crippen LogP contribution in [0.15, 0.2) is 40.1 Å². The minimum Gasteiger partial charge on any atom is -0.478 e. The lowest BCUT2D eigenvalue weighted by atomic mass is 10.1. The molecule has 0 saturated carbocycles. The van der Waals surface area contributed by atoms with E-state index in [2.05, 4.69) is 0 Å². The van der Waals surface area contributed by atoms with Gasteiger partial charge in [-0.1, -0.05) is 17.7 Å². The number of rotatable bonds is 3. The molecule has 5 nitrogen and oxygen atoms in total. The Morgan fingerprint density at radius 2 is 2.14 bits per heavy atom. The predicted molar refractivity (Wildman–Crippen MR) is 85.9 cm³/mol. The zero-order chi connectivity index (χ0) is 15.9. The van der Waals surface area contributed by atoms with Gasteiger partial charge in [-0.05, 0) is 24.6 Å². The molecule has 1 aliphatic heterocycles. The Morgan fingerprint density at radius 1 is 1.36 bits per heavy atom. The Kier molecular flexibility index (Phi) is 3.98. The summed E-state index contributed by atoms with van der Waals surface area (Å²) in [6.45, 7) is 0.236. The van der Waals surface area contributed by atoms with Crippen molar-refractivity contribution in [2.24, 2.45) is 0 Å². The molecule has 0 fully saturated rings. The first-order valence-electron chi connectivity index (χ1n) is 6.49. The number of benzene rings is 1. The smallest absolute Gasteiger partial charge is 0.331 e. The van der Waals surface area contributed by atoms with Crippen LogP contribution >= 0.6 is 22.9 Å². The van der Waals surface area contributed by atoms with Gasteiger partial charge in [-0.15, -0.1) is 11.3 Å². The summed E-state index contributed by atoms with van der Waals surface area (Å²) in [5, 5.41) is 11.6. The van der Waals surface area contributed by atoms with Crippen molar-refractivity contribution >= 4 is 49.0 Å². The van der Waals surface area contributed by atoms with E-state index in [0.717, 1.165) is 4.70 Å². The third-order valence-corrected chi connectivity index (χ3v) is 6.82. The first kappa shape index (κ1) is 15.5. The van der Waals surface area contributed by atoms with Gasteiger partial charge in [0.15, 0.2) is 0 Å². The topological polar surface area (TPSA) is 74.7 Å². The van der Waals surface area contributed by atoms with Crippen molar-refractivity contribution in [3.63, 3.8) is 0 Å². The average molecular weight is 358 g/mol. The largest absolute Gasteiger partial charge is 0.478 e. The molecule has 1 aromatic carbocycles. The highest BCUT2D eigenvalue weighted by atomic mass is 35.5. The van der Waals surface area contributed by atoms with E-state index in [1.165, 1.54) is 21.7 Å². The monoisotopic (exact) mass is 357 g/mol. The number of carbonyl (C=O) groups is 1. The molecule has 2 heterocycles. The molecule has 22 heavy (non-hydrogen) atoms. The Bertz CT molecular complexity index is 885. The average Bonchev–Trinajstić information content (AvgIpc) is 2.91. The van der Waals surface area contributed by atoms with Gasteiger partial charge in [0.05, 0.1) is 0 Å². The minimum absolute atomic E-state index is 0.0713. The molecule has 0 radical (unpaired) electrons. The molecule has 3 rings (SSSR count). The van der Waals surface area contributed by atoms with Crippen LogP contribution in [0.4, 0.5) is 0 Å². The van der Waals surface area contributed by atoms with Gasteiger partial charge in [0.2, 0.25) is 10.0 Å². The molecule has 1 aromatic heterocycles. The van der Waals surface area contributed by atoms with Crippen LogP contribution < -0.4 is 0 Å². The van der Waals surface area contributed by atoms with Crippen LogP contribution in [0, 0.1) is 0 Å². The van der Waals surface area contributed by atoms with E-state index < -0.39 is 16.0 Å². The molecule has 0 amide bonds. The molecular weight excluding hydrogens is 346 g/mol. The summed E-state index contributed by atoms with van der Waals surface area (Å²) in [7, 11) is -3.66. The fourth-order valence-corrected chi connectivity index (χ4v) is 5.38. The second-order valence-electron chi connectivity index (χ2n) is 4.89. The summed E-state index contributed by atoms with van der Waals surface area (Å²) in [5.74, 6) is -0.996. The summed E-state index contributed by atoms with van der Waals surface area (Å²) in [5.41, 5.74) is 0.254. The number of thiophene rings is 1. The van der Waals surface area contributed by atoms with Crippen molar-refractivity contribution in [2.75, 3.05) is 13.1 Å². The van der Waals surface area contributed by atoms with Crippen LogP contribution in [0.2, 0.25) is 5.02 Å². The van der Waals surface area contributed by atoms with Gasteiger partial charge >= 0.3 is 5.97 Å². The Morgan fingerprint density at radius 3 is 2.77 bits per heavy atom. The normalized spacial score (nSPS) is 16.7.